The van der Waals surface area contributed by atoms with Crippen LogP contribution in [0.4, 0.5) is 10.7 Å². The van der Waals surface area contributed by atoms with Crippen LogP contribution in [0.25, 0.3) is 0 Å². The fourth-order valence-electron chi connectivity index (χ4n) is 2.25. The molecule has 110 valence electrons. The van der Waals surface area contributed by atoms with Gasteiger partial charge in [-0.15, -0.1) is 11.3 Å². The topological polar surface area (TPSA) is 107 Å². The van der Waals surface area contributed by atoms with Crippen molar-refractivity contribution in [3.05, 3.63) is 10.4 Å². The Labute approximate surface area is 121 Å². The summed E-state index contributed by atoms with van der Waals surface area (Å²) in [6, 6.07) is 0. The highest BCUT2D eigenvalue weighted by Crippen LogP contribution is 2.35. The van der Waals surface area contributed by atoms with Gasteiger partial charge in [0.1, 0.15) is 5.00 Å². The van der Waals surface area contributed by atoms with E-state index in [1.165, 1.54) is 18.3 Å². The molecule has 0 saturated carbocycles. The number of primary amides is 1. The molecule has 1 aliphatic heterocycles. The van der Waals surface area contributed by atoms with Gasteiger partial charge >= 0.3 is 0 Å². The third kappa shape index (κ3) is 3.10. The smallest absolute Gasteiger partial charge is 0.253 e. The van der Waals surface area contributed by atoms with Crippen LogP contribution in [0.3, 0.4) is 0 Å². The molecule has 1 amide bonds. The maximum atomic E-state index is 11.5. The van der Waals surface area contributed by atoms with Crippen LogP contribution in [0.2, 0.25) is 0 Å². The zero-order chi connectivity index (χ0) is 14.7. The molecule has 0 bridgehead atoms. The van der Waals surface area contributed by atoms with E-state index in [0.29, 0.717) is 16.4 Å². The first-order valence-corrected chi connectivity index (χ1v) is 7.40. The molecule has 6 nitrogen and oxygen atoms in total. The van der Waals surface area contributed by atoms with Crippen molar-refractivity contribution in [2.75, 3.05) is 24.2 Å². The first-order valence-electron chi connectivity index (χ1n) is 6.59. The molecule has 2 rings (SSSR count). The molecule has 0 spiro atoms. The molecule has 0 radical (unpaired) electrons. The molecule has 1 aromatic heterocycles. The van der Waals surface area contributed by atoms with E-state index in [2.05, 4.69) is 5.32 Å². The second-order valence-electron chi connectivity index (χ2n) is 4.84. The molecule has 1 fully saturated rings. The van der Waals surface area contributed by atoms with E-state index in [1.54, 1.807) is 0 Å². The van der Waals surface area contributed by atoms with E-state index in [4.69, 9.17) is 16.2 Å². The fraction of sp³-hybridized carbons (Fsp3) is 0.538. The fourth-order valence-corrected chi connectivity index (χ4v) is 3.28. The minimum Gasteiger partial charge on any atom is -0.397 e. The zero-order valence-electron chi connectivity index (χ0n) is 11.4. The van der Waals surface area contributed by atoms with Gasteiger partial charge < -0.3 is 21.5 Å². The monoisotopic (exact) mass is 297 g/mol. The highest BCUT2D eigenvalue weighted by Gasteiger charge is 2.23. The number of hydrogen-bond acceptors (Lipinski definition) is 6. The average Bonchev–Trinajstić information content (AvgIpc) is 2.75. The number of nitrogens with one attached hydrogen (secondary N) is 1. The predicted molar refractivity (Wildman–Crippen MR) is 79.3 cm³/mol. The van der Waals surface area contributed by atoms with Crippen molar-refractivity contribution in [2.45, 2.75) is 32.3 Å². The van der Waals surface area contributed by atoms with E-state index in [0.717, 1.165) is 25.9 Å². The van der Waals surface area contributed by atoms with Gasteiger partial charge in [-0.3, -0.25) is 9.59 Å². The number of ether oxygens (including phenoxy) is 1. The first kappa shape index (κ1) is 14.8. The number of carbonyl (C=O) groups excluding carboxylic acids is 2. The third-order valence-corrected chi connectivity index (χ3v) is 4.54. The SMILES string of the molecule is CC(=O)c1sc(NCC2CCCCO2)c(C(N)=O)c1N. The van der Waals surface area contributed by atoms with Crippen molar-refractivity contribution >= 4 is 33.7 Å². The summed E-state index contributed by atoms with van der Waals surface area (Å²) in [4.78, 5) is 23.3. The van der Waals surface area contributed by atoms with Crippen LogP contribution in [-0.2, 0) is 4.74 Å². The molecule has 0 aromatic carbocycles. The number of nitrogen functional groups attached to an aromatic ring is 1. The lowest BCUT2D eigenvalue weighted by molar-refractivity contribution is 0.0248. The molecule has 1 saturated heterocycles. The summed E-state index contributed by atoms with van der Waals surface area (Å²) in [6.07, 6.45) is 3.33. The molecule has 2 heterocycles. The van der Waals surface area contributed by atoms with Crippen molar-refractivity contribution in [1.29, 1.82) is 0 Å². The molecule has 1 atom stereocenters. The van der Waals surface area contributed by atoms with Gasteiger partial charge in [-0.05, 0) is 19.3 Å². The lowest BCUT2D eigenvalue weighted by atomic mass is 10.1. The molecule has 0 aliphatic carbocycles. The van der Waals surface area contributed by atoms with Crippen LogP contribution in [-0.4, -0.2) is 30.9 Å². The Morgan fingerprint density at radius 3 is 2.75 bits per heavy atom. The Kier molecular flexibility index (Phi) is 4.61. The van der Waals surface area contributed by atoms with Crippen LogP contribution >= 0.6 is 11.3 Å². The van der Waals surface area contributed by atoms with E-state index in [1.807, 2.05) is 0 Å². The second kappa shape index (κ2) is 6.23. The van der Waals surface area contributed by atoms with Gasteiger partial charge in [-0.25, -0.2) is 0 Å². The Morgan fingerprint density at radius 1 is 1.45 bits per heavy atom. The van der Waals surface area contributed by atoms with Crippen LogP contribution in [0.5, 0.6) is 0 Å². The van der Waals surface area contributed by atoms with Crippen molar-refractivity contribution in [3.63, 3.8) is 0 Å². The summed E-state index contributed by atoms with van der Waals surface area (Å²) in [5.74, 6) is -0.796. The Bertz CT molecular complexity index is 521. The Hall–Kier alpha value is -1.60. The average molecular weight is 297 g/mol. The molecule has 1 unspecified atom stereocenters. The highest BCUT2D eigenvalue weighted by atomic mass is 32.1. The lowest BCUT2D eigenvalue weighted by Crippen LogP contribution is -2.27. The van der Waals surface area contributed by atoms with Gasteiger partial charge in [-0.1, -0.05) is 0 Å². The third-order valence-electron chi connectivity index (χ3n) is 3.28. The summed E-state index contributed by atoms with van der Waals surface area (Å²) in [6.45, 7) is 2.76. The normalized spacial score (nSPS) is 18.8. The van der Waals surface area contributed by atoms with Crippen molar-refractivity contribution in [1.82, 2.24) is 0 Å². The molecule has 20 heavy (non-hydrogen) atoms. The summed E-state index contributed by atoms with van der Waals surface area (Å²) < 4.78 is 5.61. The van der Waals surface area contributed by atoms with Gasteiger partial charge in [-0.2, -0.15) is 0 Å². The van der Waals surface area contributed by atoms with Crippen molar-refractivity contribution in [2.24, 2.45) is 5.73 Å². The van der Waals surface area contributed by atoms with Crippen molar-refractivity contribution in [3.8, 4) is 0 Å². The molecular weight excluding hydrogens is 278 g/mol. The number of thiophene rings is 1. The summed E-state index contributed by atoms with van der Waals surface area (Å²) >= 11 is 1.17. The quantitative estimate of drug-likeness (QED) is 0.716. The van der Waals surface area contributed by atoms with Crippen LogP contribution in [0, 0.1) is 0 Å². The zero-order valence-corrected chi connectivity index (χ0v) is 12.2. The summed E-state index contributed by atoms with van der Waals surface area (Å²) in [7, 11) is 0. The number of anilines is 2. The number of Topliss-reactive ketones (excluding diaryl/α,β-unsaturated/α-hetero) is 1. The van der Waals surface area contributed by atoms with Crippen LogP contribution in [0.1, 0.15) is 46.2 Å². The highest BCUT2D eigenvalue weighted by molar-refractivity contribution is 7.19. The Morgan fingerprint density at radius 2 is 2.20 bits per heavy atom. The minimum absolute atomic E-state index is 0.119. The van der Waals surface area contributed by atoms with Gasteiger partial charge in [0.2, 0.25) is 0 Å². The maximum Gasteiger partial charge on any atom is 0.253 e. The minimum atomic E-state index is -0.627. The number of amides is 1. The predicted octanol–water partition coefficient (Wildman–Crippen LogP) is 1.61. The van der Waals surface area contributed by atoms with Crippen LogP contribution < -0.4 is 16.8 Å². The maximum absolute atomic E-state index is 11.5. The number of nitrogens with two attached hydrogens (primary N) is 2. The van der Waals surface area contributed by atoms with Gasteiger partial charge in [0.05, 0.1) is 22.2 Å². The number of hydrogen-bond donors (Lipinski definition) is 3. The largest absolute Gasteiger partial charge is 0.397 e. The summed E-state index contributed by atoms with van der Waals surface area (Å²) in [5, 5.41) is 3.69. The molecular formula is C13H19N3O3S. The molecule has 1 aliphatic rings. The van der Waals surface area contributed by atoms with E-state index < -0.39 is 5.91 Å². The second-order valence-corrected chi connectivity index (χ2v) is 5.86. The van der Waals surface area contributed by atoms with E-state index in [9.17, 15) is 9.59 Å². The standard InChI is InChI=1S/C13H19N3O3S/c1-7(17)11-10(14)9(12(15)18)13(20-11)16-6-8-4-2-3-5-19-8/h8,16H,2-6,14H2,1H3,(H2,15,18). The van der Waals surface area contributed by atoms with Gasteiger partial charge in [0, 0.05) is 20.1 Å². The number of rotatable bonds is 5. The van der Waals surface area contributed by atoms with Gasteiger partial charge in [0.25, 0.3) is 5.91 Å². The number of ketones is 1. The molecule has 1 aromatic rings. The van der Waals surface area contributed by atoms with E-state index >= 15 is 0 Å². The molecule has 7 heteroatoms. The number of carbonyl (C=O) groups is 2. The van der Waals surface area contributed by atoms with Gasteiger partial charge in [0.15, 0.2) is 5.78 Å². The molecule has 5 N–H and O–H groups in total. The van der Waals surface area contributed by atoms with E-state index in [-0.39, 0.29) is 23.1 Å². The van der Waals surface area contributed by atoms with Crippen molar-refractivity contribution < 1.29 is 14.3 Å². The Balaban J connectivity index is 2.15. The van der Waals surface area contributed by atoms with Crippen LogP contribution in [0.15, 0.2) is 0 Å². The lowest BCUT2D eigenvalue weighted by Gasteiger charge is -2.23. The summed E-state index contributed by atoms with van der Waals surface area (Å²) in [5.41, 5.74) is 11.5. The first-order chi connectivity index (χ1) is 9.50.